The Kier molecular flexibility index (Phi) is 4.03. The maximum atomic E-state index is 9.60. The van der Waals surface area contributed by atoms with Gasteiger partial charge in [-0.2, -0.15) is 0 Å². The molecule has 3 N–H and O–H groups in total. The third-order valence-corrected chi connectivity index (χ3v) is 3.28. The van der Waals surface area contributed by atoms with Crippen LogP contribution in [0.5, 0.6) is 17.2 Å². The number of ether oxygens (including phenoxy) is 1. The van der Waals surface area contributed by atoms with Gasteiger partial charge in [0.2, 0.25) is 0 Å². The van der Waals surface area contributed by atoms with Crippen molar-refractivity contribution in [3.8, 4) is 17.2 Å². The van der Waals surface area contributed by atoms with E-state index >= 15 is 0 Å². The molecule has 4 heteroatoms. The second-order valence-corrected chi connectivity index (χ2v) is 4.80. The number of hydrogen-bond donors (Lipinski definition) is 3. The first-order valence-corrected chi connectivity index (χ1v) is 6.44. The van der Waals surface area contributed by atoms with Gasteiger partial charge in [-0.15, -0.1) is 0 Å². The molecule has 4 nitrogen and oxygen atoms in total. The fraction of sp³-hybridized carbons (Fsp3) is 0.250. The molecular weight excluding hydrogens is 254 g/mol. The van der Waals surface area contributed by atoms with Crippen LogP contribution in [0.2, 0.25) is 0 Å². The molecule has 0 radical (unpaired) electrons. The Hall–Kier alpha value is -2.36. The standard InChI is InChI=1S/C16H19NO3/c1-10-8-13(5-7-14(10)18)17-11(2)12-4-6-15(19)16(9-12)20-3/h4-9,11,17-19H,1-3H3. The molecule has 2 rings (SSSR count). The summed E-state index contributed by atoms with van der Waals surface area (Å²) in [6.45, 7) is 3.88. The number of phenolic OH excluding ortho intramolecular Hbond substituents is 2. The largest absolute Gasteiger partial charge is 0.508 e. The molecule has 0 spiro atoms. The number of aromatic hydroxyl groups is 2. The summed E-state index contributed by atoms with van der Waals surface area (Å²) >= 11 is 0. The van der Waals surface area contributed by atoms with E-state index in [0.29, 0.717) is 5.75 Å². The van der Waals surface area contributed by atoms with Gasteiger partial charge in [-0.3, -0.25) is 0 Å². The monoisotopic (exact) mass is 273 g/mol. The van der Waals surface area contributed by atoms with E-state index in [1.807, 2.05) is 32.0 Å². The summed E-state index contributed by atoms with van der Waals surface area (Å²) in [7, 11) is 1.53. The number of benzene rings is 2. The van der Waals surface area contributed by atoms with Crippen molar-refractivity contribution in [2.45, 2.75) is 19.9 Å². The van der Waals surface area contributed by atoms with Crippen LogP contribution in [-0.4, -0.2) is 17.3 Å². The van der Waals surface area contributed by atoms with Crippen LogP contribution >= 0.6 is 0 Å². The molecule has 0 heterocycles. The zero-order valence-corrected chi connectivity index (χ0v) is 11.8. The Labute approximate surface area is 118 Å². The molecule has 106 valence electrons. The molecule has 20 heavy (non-hydrogen) atoms. The molecule has 0 fully saturated rings. The number of hydrogen-bond acceptors (Lipinski definition) is 4. The summed E-state index contributed by atoms with van der Waals surface area (Å²) < 4.78 is 5.11. The van der Waals surface area contributed by atoms with E-state index in [9.17, 15) is 10.2 Å². The first kappa shape index (κ1) is 14.1. The van der Waals surface area contributed by atoms with Crippen LogP contribution in [0.3, 0.4) is 0 Å². The minimum Gasteiger partial charge on any atom is -0.508 e. The van der Waals surface area contributed by atoms with Crippen molar-refractivity contribution in [2.24, 2.45) is 0 Å². The van der Waals surface area contributed by atoms with Gasteiger partial charge in [0.05, 0.1) is 7.11 Å². The van der Waals surface area contributed by atoms with Crippen LogP contribution in [0.15, 0.2) is 36.4 Å². The normalized spacial score (nSPS) is 11.9. The highest BCUT2D eigenvalue weighted by atomic mass is 16.5. The van der Waals surface area contributed by atoms with Gasteiger partial charge in [-0.25, -0.2) is 0 Å². The minimum atomic E-state index is 0.0495. The topological polar surface area (TPSA) is 61.7 Å². The van der Waals surface area contributed by atoms with Crippen molar-refractivity contribution in [3.63, 3.8) is 0 Å². The number of nitrogens with one attached hydrogen (secondary N) is 1. The van der Waals surface area contributed by atoms with Crippen LogP contribution in [-0.2, 0) is 0 Å². The predicted molar refractivity (Wildman–Crippen MR) is 79.5 cm³/mol. The lowest BCUT2D eigenvalue weighted by atomic mass is 10.1. The van der Waals surface area contributed by atoms with Crippen molar-refractivity contribution in [1.29, 1.82) is 0 Å². The van der Waals surface area contributed by atoms with Gasteiger partial charge in [0, 0.05) is 11.7 Å². The second-order valence-electron chi connectivity index (χ2n) is 4.80. The van der Waals surface area contributed by atoms with Crippen molar-refractivity contribution in [1.82, 2.24) is 0 Å². The Bertz CT molecular complexity index is 611. The summed E-state index contributed by atoms with van der Waals surface area (Å²) in [5, 5.41) is 22.5. The second kappa shape index (κ2) is 5.74. The van der Waals surface area contributed by atoms with Crippen molar-refractivity contribution in [2.75, 3.05) is 12.4 Å². The molecule has 0 saturated heterocycles. The van der Waals surface area contributed by atoms with Crippen LogP contribution in [0.1, 0.15) is 24.1 Å². The van der Waals surface area contributed by atoms with Gasteiger partial charge >= 0.3 is 0 Å². The van der Waals surface area contributed by atoms with Gasteiger partial charge in [0.25, 0.3) is 0 Å². The quantitative estimate of drug-likeness (QED) is 0.745. The van der Waals surface area contributed by atoms with Crippen molar-refractivity contribution < 1.29 is 14.9 Å². The maximum Gasteiger partial charge on any atom is 0.160 e. The molecule has 0 bridgehead atoms. The highest BCUT2D eigenvalue weighted by molar-refractivity contribution is 5.52. The molecule has 1 atom stereocenters. The van der Waals surface area contributed by atoms with Gasteiger partial charge in [0.15, 0.2) is 11.5 Å². The van der Waals surface area contributed by atoms with E-state index < -0.39 is 0 Å². The van der Waals surface area contributed by atoms with Crippen LogP contribution in [0.25, 0.3) is 0 Å². The average molecular weight is 273 g/mol. The number of methoxy groups -OCH3 is 1. The van der Waals surface area contributed by atoms with Crippen molar-refractivity contribution >= 4 is 5.69 Å². The number of phenols is 2. The molecule has 0 saturated carbocycles. The first-order valence-electron chi connectivity index (χ1n) is 6.44. The molecule has 1 unspecified atom stereocenters. The van der Waals surface area contributed by atoms with Gasteiger partial charge in [-0.05, 0) is 55.3 Å². The van der Waals surface area contributed by atoms with Crippen LogP contribution in [0.4, 0.5) is 5.69 Å². The fourth-order valence-corrected chi connectivity index (χ4v) is 2.04. The molecule has 2 aromatic carbocycles. The Morgan fingerprint density at radius 3 is 2.40 bits per heavy atom. The zero-order valence-electron chi connectivity index (χ0n) is 11.8. The molecule has 0 aliphatic carbocycles. The Morgan fingerprint density at radius 1 is 1.05 bits per heavy atom. The molecule has 2 aromatic rings. The van der Waals surface area contributed by atoms with Crippen molar-refractivity contribution in [3.05, 3.63) is 47.5 Å². The van der Waals surface area contributed by atoms with E-state index in [0.717, 1.165) is 16.8 Å². The summed E-state index contributed by atoms with van der Waals surface area (Å²) in [6, 6.07) is 10.7. The first-order chi connectivity index (χ1) is 9.51. The molecule has 0 aromatic heterocycles. The van der Waals surface area contributed by atoms with E-state index in [1.54, 1.807) is 18.2 Å². The smallest absolute Gasteiger partial charge is 0.160 e. The maximum absolute atomic E-state index is 9.60. The Morgan fingerprint density at radius 2 is 1.75 bits per heavy atom. The van der Waals surface area contributed by atoms with Crippen LogP contribution in [0, 0.1) is 6.92 Å². The highest BCUT2D eigenvalue weighted by Gasteiger charge is 2.09. The Balaban J connectivity index is 2.19. The molecule has 0 aliphatic rings. The van der Waals surface area contributed by atoms with E-state index in [4.69, 9.17) is 4.74 Å². The lowest BCUT2D eigenvalue weighted by molar-refractivity contribution is 0.373. The number of anilines is 1. The fourth-order valence-electron chi connectivity index (χ4n) is 2.04. The molecule has 0 aliphatic heterocycles. The predicted octanol–water partition coefficient (Wildman–Crippen LogP) is 3.59. The summed E-state index contributed by atoms with van der Waals surface area (Å²) in [5.74, 6) is 0.872. The lowest BCUT2D eigenvalue weighted by Crippen LogP contribution is -2.06. The zero-order chi connectivity index (χ0) is 14.7. The van der Waals surface area contributed by atoms with E-state index in [2.05, 4.69) is 5.32 Å². The molecular formula is C16H19NO3. The highest BCUT2D eigenvalue weighted by Crippen LogP contribution is 2.30. The summed E-state index contributed by atoms with van der Waals surface area (Å²) in [4.78, 5) is 0. The van der Waals surface area contributed by atoms with Gasteiger partial charge in [0.1, 0.15) is 5.75 Å². The number of rotatable bonds is 4. The van der Waals surface area contributed by atoms with Crippen LogP contribution < -0.4 is 10.1 Å². The molecule has 0 amide bonds. The summed E-state index contributed by atoms with van der Waals surface area (Å²) in [6.07, 6.45) is 0. The third-order valence-electron chi connectivity index (χ3n) is 3.28. The number of aryl methyl sites for hydroxylation is 1. The minimum absolute atomic E-state index is 0.0495. The average Bonchev–Trinajstić information content (AvgIpc) is 2.43. The van der Waals surface area contributed by atoms with Gasteiger partial charge < -0.3 is 20.3 Å². The lowest BCUT2D eigenvalue weighted by Gasteiger charge is -2.17. The van der Waals surface area contributed by atoms with E-state index in [1.165, 1.54) is 7.11 Å². The SMILES string of the molecule is COc1cc(C(C)Nc2ccc(O)c(C)c2)ccc1O. The third kappa shape index (κ3) is 2.96. The van der Waals surface area contributed by atoms with E-state index in [-0.39, 0.29) is 17.5 Å². The summed E-state index contributed by atoms with van der Waals surface area (Å²) in [5.41, 5.74) is 2.76. The van der Waals surface area contributed by atoms with Gasteiger partial charge in [-0.1, -0.05) is 6.07 Å².